The lowest BCUT2D eigenvalue weighted by Gasteiger charge is -2.17. The van der Waals surface area contributed by atoms with Crippen LogP contribution in [0.25, 0.3) is 10.8 Å². The average Bonchev–Trinajstić information content (AvgIpc) is 2.61. The molecule has 3 rings (SSSR count). The van der Waals surface area contributed by atoms with Crippen LogP contribution in [-0.2, 0) is 11.2 Å². The Bertz CT molecular complexity index is 917. The second-order valence-corrected chi connectivity index (χ2v) is 6.21. The number of carbonyl (C=O) groups excluding carboxylic acids is 2. The number of fused-ring (bicyclic) bond motifs is 1. The summed E-state index contributed by atoms with van der Waals surface area (Å²) in [4.78, 5) is 24.2. The summed E-state index contributed by atoms with van der Waals surface area (Å²) in [5.74, 6) is -0.934. The Hall–Kier alpha value is -2.85. The minimum atomic E-state index is -0.797. The third-order valence-electron chi connectivity index (χ3n) is 4.06. The Kier molecular flexibility index (Phi) is 5.00. The summed E-state index contributed by atoms with van der Waals surface area (Å²) in [5, 5.41) is 5.36. The van der Waals surface area contributed by atoms with Crippen LogP contribution in [0.15, 0.2) is 66.7 Å². The van der Waals surface area contributed by atoms with Crippen LogP contribution in [-0.4, -0.2) is 17.9 Å². The number of hydrogen-bond acceptors (Lipinski definition) is 2. The molecule has 0 bridgehead atoms. The van der Waals surface area contributed by atoms with Crippen LogP contribution in [0.3, 0.4) is 0 Å². The summed E-state index contributed by atoms with van der Waals surface area (Å²) in [7, 11) is 0. The summed E-state index contributed by atoms with van der Waals surface area (Å²) in [6.45, 7) is 0. The van der Waals surface area contributed by atoms with Gasteiger partial charge in [0.2, 0.25) is 5.91 Å². The van der Waals surface area contributed by atoms with Crippen molar-refractivity contribution in [1.29, 1.82) is 0 Å². The van der Waals surface area contributed by atoms with Gasteiger partial charge in [0, 0.05) is 17.0 Å². The van der Waals surface area contributed by atoms with Gasteiger partial charge in [0.15, 0.2) is 0 Å². The molecule has 0 aliphatic carbocycles. The quantitative estimate of drug-likeness (QED) is 0.739. The molecule has 3 aromatic rings. The minimum absolute atomic E-state index is 0.329. The number of primary amides is 1. The van der Waals surface area contributed by atoms with E-state index in [-0.39, 0.29) is 5.91 Å². The Balaban J connectivity index is 1.83. The first kappa shape index (κ1) is 17.0. The van der Waals surface area contributed by atoms with Crippen molar-refractivity contribution in [3.05, 3.63) is 82.9 Å². The molecule has 3 N–H and O–H groups in total. The Labute approximate surface area is 150 Å². The molecule has 1 atom stereocenters. The van der Waals surface area contributed by atoms with E-state index in [1.807, 2.05) is 42.5 Å². The minimum Gasteiger partial charge on any atom is -0.368 e. The number of benzene rings is 3. The van der Waals surface area contributed by atoms with Crippen molar-refractivity contribution >= 4 is 34.2 Å². The lowest BCUT2D eigenvalue weighted by molar-refractivity contribution is -0.119. The van der Waals surface area contributed by atoms with Gasteiger partial charge in [-0.2, -0.15) is 0 Å². The van der Waals surface area contributed by atoms with E-state index in [0.717, 1.165) is 16.3 Å². The number of amides is 2. The summed E-state index contributed by atoms with van der Waals surface area (Å²) in [6.07, 6.45) is 0.329. The van der Waals surface area contributed by atoms with Crippen LogP contribution < -0.4 is 11.1 Å². The zero-order valence-electron chi connectivity index (χ0n) is 13.4. The molecule has 3 aromatic carbocycles. The SMILES string of the molecule is NC(=O)[C@@H](Cc1cccc2ccccc12)NC(=O)c1ccc(Cl)cc1. The van der Waals surface area contributed by atoms with Crippen LogP contribution in [0, 0.1) is 0 Å². The van der Waals surface area contributed by atoms with Gasteiger partial charge in [-0.05, 0) is 40.6 Å². The molecule has 0 radical (unpaired) electrons. The highest BCUT2D eigenvalue weighted by atomic mass is 35.5. The van der Waals surface area contributed by atoms with Crippen molar-refractivity contribution in [3.8, 4) is 0 Å². The second kappa shape index (κ2) is 7.36. The predicted octanol–water partition coefficient (Wildman–Crippen LogP) is 3.32. The Morgan fingerprint density at radius 3 is 2.36 bits per heavy atom. The molecule has 0 saturated carbocycles. The van der Waals surface area contributed by atoms with E-state index < -0.39 is 11.9 Å². The van der Waals surface area contributed by atoms with E-state index in [9.17, 15) is 9.59 Å². The van der Waals surface area contributed by atoms with Gasteiger partial charge >= 0.3 is 0 Å². The fraction of sp³-hybridized carbons (Fsp3) is 0.100. The van der Waals surface area contributed by atoms with Crippen LogP contribution in [0.2, 0.25) is 5.02 Å². The van der Waals surface area contributed by atoms with Crippen LogP contribution >= 0.6 is 11.6 Å². The fourth-order valence-electron chi connectivity index (χ4n) is 2.76. The van der Waals surface area contributed by atoms with Crippen molar-refractivity contribution < 1.29 is 9.59 Å². The highest BCUT2D eigenvalue weighted by molar-refractivity contribution is 6.30. The van der Waals surface area contributed by atoms with Crippen molar-refractivity contribution in [2.24, 2.45) is 5.73 Å². The lowest BCUT2D eigenvalue weighted by Crippen LogP contribution is -2.45. The van der Waals surface area contributed by atoms with Crippen molar-refractivity contribution in [1.82, 2.24) is 5.32 Å². The third kappa shape index (κ3) is 3.98. The predicted molar refractivity (Wildman–Crippen MR) is 99.6 cm³/mol. The molecule has 25 heavy (non-hydrogen) atoms. The topological polar surface area (TPSA) is 72.2 Å². The van der Waals surface area contributed by atoms with Gasteiger partial charge in [-0.1, -0.05) is 54.1 Å². The number of nitrogens with one attached hydrogen (secondary N) is 1. The summed E-state index contributed by atoms with van der Waals surface area (Å²) < 4.78 is 0. The molecule has 2 amide bonds. The maximum absolute atomic E-state index is 12.4. The largest absolute Gasteiger partial charge is 0.368 e. The molecule has 0 heterocycles. The zero-order valence-corrected chi connectivity index (χ0v) is 14.2. The molecule has 4 nitrogen and oxygen atoms in total. The summed E-state index contributed by atoms with van der Waals surface area (Å²) >= 11 is 5.83. The highest BCUT2D eigenvalue weighted by Gasteiger charge is 2.20. The van der Waals surface area contributed by atoms with Gasteiger partial charge in [0.1, 0.15) is 6.04 Å². The monoisotopic (exact) mass is 352 g/mol. The van der Waals surface area contributed by atoms with Crippen molar-refractivity contribution in [2.75, 3.05) is 0 Å². The standard InChI is InChI=1S/C20H17ClN2O2/c21-16-10-8-14(9-11-16)20(25)23-18(19(22)24)12-15-6-3-5-13-4-1-2-7-17(13)15/h1-11,18H,12H2,(H2,22,24)(H,23,25)/t18-/m1/s1. The van der Waals surface area contributed by atoms with Crippen molar-refractivity contribution in [3.63, 3.8) is 0 Å². The normalized spacial score (nSPS) is 11.9. The summed E-state index contributed by atoms with van der Waals surface area (Å²) in [5.41, 5.74) is 6.89. The van der Waals surface area contributed by atoms with Gasteiger partial charge in [0.05, 0.1) is 0 Å². The molecule has 0 aliphatic rings. The molecule has 5 heteroatoms. The van der Waals surface area contributed by atoms with E-state index >= 15 is 0 Å². The number of nitrogens with two attached hydrogens (primary N) is 1. The van der Waals surface area contributed by atoms with Gasteiger partial charge in [-0.3, -0.25) is 9.59 Å². The zero-order chi connectivity index (χ0) is 17.8. The highest BCUT2D eigenvalue weighted by Crippen LogP contribution is 2.20. The maximum atomic E-state index is 12.4. The number of carbonyl (C=O) groups is 2. The first-order valence-electron chi connectivity index (χ1n) is 7.87. The fourth-order valence-corrected chi connectivity index (χ4v) is 2.88. The number of hydrogen-bond donors (Lipinski definition) is 2. The van der Waals surface area contributed by atoms with E-state index in [4.69, 9.17) is 17.3 Å². The van der Waals surface area contributed by atoms with E-state index in [2.05, 4.69) is 5.32 Å². The molecule has 0 unspecified atom stereocenters. The van der Waals surface area contributed by atoms with E-state index in [0.29, 0.717) is 17.0 Å². The molecular formula is C20H17ClN2O2. The third-order valence-corrected chi connectivity index (χ3v) is 4.31. The van der Waals surface area contributed by atoms with Gasteiger partial charge in [-0.15, -0.1) is 0 Å². The van der Waals surface area contributed by atoms with Crippen molar-refractivity contribution in [2.45, 2.75) is 12.5 Å². The molecule has 0 spiro atoms. The van der Waals surface area contributed by atoms with Gasteiger partial charge in [-0.25, -0.2) is 0 Å². The maximum Gasteiger partial charge on any atom is 0.251 e. The van der Waals surface area contributed by atoms with E-state index in [1.54, 1.807) is 24.3 Å². The number of halogens is 1. The molecule has 0 aromatic heterocycles. The number of rotatable bonds is 5. The molecule has 126 valence electrons. The Morgan fingerprint density at radius 2 is 1.64 bits per heavy atom. The van der Waals surface area contributed by atoms with Gasteiger partial charge < -0.3 is 11.1 Å². The van der Waals surface area contributed by atoms with Crippen LogP contribution in [0.1, 0.15) is 15.9 Å². The lowest BCUT2D eigenvalue weighted by atomic mass is 9.98. The molecule has 0 fully saturated rings. The second-order valence-electron chi connectivity index (χ2n) is 5.78. The van der Waals surface area contributed by atoms with Crippen LogP contribution in [0.5, 0.6) is 0 Å². The first-order valence-corrected chi connectivity index (χ1v) is 8.25. The molecular weight excluding hydrogens is 336 g/mol. The smallest absolute Gasteiger partial charge is 0.251 e. The van der Waals surface area contributed by atoms with Gasteiger partial charge in [0.25, 0.3) is 5.91 Å². The molecule has 0 aliphatic heterocycles. The van der Waals surface area contributed by atoms with E-state index in [1.165, 1.54) is 0 Å². The molecule has 0 saturated heterocycles. The Morgan fingerprint density at radius 1 is 0.960 bits per heavy atom. The first-order chi connectivity index (χ1) is 12.0. The average molecular weight is 353 g/mol. The summed E-state index contributed by atoms with van der Waals surface area (Å²) in [6, 6.07) is 19.4. The van der Waals surface area contributed by atoms with Crippen LogP contribution in [0.4, 0.5) is 0 Å².